The Morgan fingerprint density at radius 2 is 1.26 bits per heavy atom. The van der Waals surface area contributed by atoms with E-state index in [2.05, 4.69) is 26.6 Å². The van der Waals surface area contributed by atoms with Crippen molar-refractivity contribution in [1.29, 1.82) is 0 Å². The van der Waals surface area contributed by atoms with Crippen LogP contribution in [0.15, 0.2) is 48.5 Å². The zero-order valence-electron chi connectivity index (χ0n) is 11.9. The van der Waals surface area contributed by atoms with Crippen molar-refractivity contribution in [2.75, 3.05) is 0 Å². The minimum absolute atomic E-state index is 0.0839. The van der Waals surface area contributed by atoms with Crippen LogP contribution >= 0.6 is 7.60 Å². The summed E-state index contributed by atoms with van der Waals surface area (Å²) in [6.07, 6.45) is 0. The van der Waals surface area contributed by atoms with Crippen LogP contribution in [0.3, 0.4) is 0 Å². The van der Waals surface area contributed by atoms with Crippen LogP contribution in [0, 0.1) is 6.66 Å². The van der Waals surface area contributed by atoms with Crippen LogP contribution < -0.4 is 9.05 Å². The lowest BCUT2D eigenvalue weighted by molar-refractivity contribution is 0.377. The summed E-state index contributed by atoms with van der Waals surface area (Å²) in [6, 6.07) is 14.9. The van der Waals surface area contributed by atoms with Crippen molar-refractivity contribution in [1.82, 2.24) is 19.9 Å². The number of hydrogen-bond acceptors (Lipinski definition) is 5. The summed E-state index contributed by atoms with van der Waals surface area (Å²) in [5, 5.41) is 0. The number of hydrogen-bond donors (Lipinski definition) is 2. The summed E-state index contributed by atoms with van der Waals surface area (Å²) in [6.45, 7) is 3.49. The second-order valence-corrected chi connectivity index (χ2v) is 6.50. The van der Waals surface area contributed by atoms with E-state index in [4.69, 9.17) is 9.05 Å². The van der Waals surface area contributed by atoms with E-state index in [9.17, 15) is 4.57 Å². The smallest absolute Gasteiger partial charge is 0.382 e. The molecule has 0 bridgehead atoms. The highest BCUT2D eigenvalue weighted by Crippen LogP contribution is 2.45. The molecule has 0 aliphatic heterocycles. The minimum atomic E-state index is -3.68. The van der Waals surface area contributed by atoms with Crippen LogP contribution in [-0.2, 0) is 4.57 Å². The zero-order valence-corrected chi connectivity index (χ0v) is 12.8. The molecule has 0 saturated carbocycles. The van der Waals surface area contributed by atoms with E-state index >= 15 is 0 Å². The van der Waals surface area contributed by atoms with Gasteiger partial charge in [0.15, 0.2) is 0 Å². The van der Waals surface area contributed by atoms with Crippen LogP contribution in [0.25, 0.3) is 22.1 Å². The third-order valence-corrected chi connectivity index (χ3v) is 4.09. The Morgan fingerprint density at radius 1 is 0.826 bits per heavy atom. The molecule has 2 heterocycles. The molecule has 23 heavy (non-hydrogen) atoms. The van der Waals surface area contributed by atoms with E-state index in [1.54, 1.807) is 0 Å². The molecule has 4 aromatic rings. The Balaban J connectivity index is 1.58. The molecule has 115 valence electrons. The zero-order chi connectivity index (χ0) is 15.9. The van der Waals surface area contributed by atoms with Crippen LogP contribution in [-0.4, -0.2) is 19.9 Å². The molecule has 0 fully saturated rings. The second kappa shape index (κ2) is 5.14. The van der Waals surface area contributed by atoms with Crippen LogP contribution in [0.4, 0.5) is 0 Å². The fourth-order valence-electron chi connectivity index (χ4n) is 2.23. The SMILES string of the molecule is [CH2]P(=O)(Oc1nc2ccccc2[nH]1)Oc1nc2ccccc2[nH]1. The third-order valence-electron chi connectivity index (χ3n) is 3.19. The van der Waals surface area contributed by atoms with Gasteiger partial charge in [0.05, 0.1) is 28.7 Å². The number of para-hydroxylation sites is 4. The number of aromatic amines is 2. The van der Waals surface area contributed by atoms with Crippen molar-refractivity contribution >= 4 is 29.7 Å². The van der Waals surface area contributed by atoms with Gasteiger partial charge in [-0.3, -0.25) is 0 Å². The van der Waals surface area contributed by atoms with Gasteiger partial charge in [0.25, 0.3) is 0 Å². The third kappa shape index (κ3) is 2.78. The van der Waals surface area contributed by atoms with Gasteiger partial charge < -0.3 is 19.0 Å². The number of nitrogens with zero attached hydrogens (tertiary/aromatic N) is 2. The molecule has 1 radical (unpaired) electrons. The summed E-state index contributed by atoms with van der Waals surface area (Å²) >= 11 is 0. The topological polar surface area (TPSA) is 92.9 Å². The molecule has 2 aromatic heterocycles. The monoisotopic (exact) mass is 327 g/mol. The van der Waals surface area contributed by atoms with Crippen molar-refractivity contribution in [3.63, 3.8) is 0 Å². The Kier molecular flexibility index (Phi) is 3.09. The maximum Gasteiger partial charge on any atom is 0.436 e. The Labute approximate surface area is 131 Å². The number of fused-ring (bicyclic) bond motifs is 2. The maximum absolute atomic E-state index is 12.4. The first kappa shape index (κ1) is 13.8. The first-order chi connectivity index (χ1) is 11.1. The predicted molar refractivity (Wildman–Crippen MR) is 86.4 cm³/mol. The van der Waals surface area contributed by atoms with Crippen LogP contribution in [0.1, 0.15) is 0 Å². The normalized spacial score (nSPS) is 11.9. The lowest BCUT2D eigenvalue weighted by atomic mass is 10.3. The average molecular weight is 327 g/mol. The molecule has 8 heteroatoms. The summed E-state index contributed by atoms with van der Waals surface area (Å²) in [5.74, 6) is 0. The molecular weight excluding hydrogens is 315 g/mol. The van der Waals surface area contributed by atoms with Crippen molar-refractivity contribution in [2.24, 2.45) is 0 Å². The van der Waals surface area contributed by atoms with E-state index in [0.29, 0.717) is 11.0 Å². The molecule has 0 atom stereocenters. The van der Waals surface area contributed by atoms with Crippen LogP contribution in [0.2, 0.25) is 0 Å². The Hall–Kier alpha value is -2.79. The Morgan fingerprint density at radius 3 is 1.70 bits per heavy atom. The van der Waals surface area contributed by atoms with Crippen molar-refractivity contribution in [3.8, 4) is 12.0 Å². The molecule has 0 unspecified atom stereocenters. The molecule has 0 saturated heterocycles. The molecule has 0 spiro atoms. The molecule has 0 amide bonds. The van der Waals surface area contributed by atoms with Gasteiger partial charge in [0, 0.05) is 0 Å². The minimum Gasteiger partial charge on any atom is -0.382 e. The van der Waals surface area contributed by atoms with Gasteiger partial charge in [-0.15, -0.1) is 0 Å². The van der Waals surface area contributed by atoms with E-state index < -0.39 is 7.60 Å². The van der Waals surface area contributed by atoms with E-state index in [-0.39, 0.29) is 12.0 Å². The van der Waals surface area contributed by atoms with Gasteiger partial charge in [-0.05, 0) is 24.3 Å². The van der Waals surface area contributed by atoms with Gasteiger partial charge in [0.2, 0.25) is 0 Å². The van der Waals surface area contributed by atoms with E-state index in [1.165, 1.54) is 0 Å². The van der Waals surface area contributed by atoms with E-state index in [1.807, 2.05) is 48.5 Å². The highest BCUT2D eigenvalue weighted by atomic mass is 31.2. The lowest BCUT2D eigenvalue weighted by Crippen LogP contribution is -1.99. The molecule has 0 aliphatic rings. The highest BCUT2D eigenvalue weighted by Gasteiger charge is 2.24. The fourth-order valence-corrected chi connectivity index (χ4v) is 2.96. The first-order valence-corrected chi connectivity index (χ1v) is 8.55. The van der Waals surface area contributed by atoms with Gasteiger partial charge >= 0.3 is 19.6 Å². The van der Waals surface area contributed by atoms with Gasteiger partial charge in [-0.2, -0.15) is 9.97 Å². The van der Waals surface area contributed by atoms with Gasteiger partial charge in [-0.1, -0.05) is 24.3 Å². The van der Waals surface area contributed by atoms with Crippen LogP contribution in [0.5, 0.6) is 12.0 Å². The number of benzene rings is 2. The molecule has 2 aromatic carbocycles. The van der Waals surface area contributed by atoms with Crippen molar-refractivity contribution in [2.45, 2.75) is 0 Å². The quantitative estimate of drug-likeness (QED) is 0.555. The average Bonchev–Trinajstić information content (AvgIpc) is 3.07. The predicted octanol–water partition coefficient (Wildman–Crippen LogP) is 3.88. The Bertz CT molecular complexity index is 893. The summed E-state index contributed by atoms with van der Waals surface area (Å²) in [5.41, 5.74) is 2.94. The van der Waals surface area contributed by atoms with Crippen molar-refractivity contribution in [3.05, 3.63) is 55.2 Å². The fraction of sp³-hybridized carbons (Fsp3) is 0. The molecule has 0 aliphatic carbocycles. The largest absolute Gasteiger partial charge is 0.436 e. The number of imidazole rings is 2. The standard InChI is InChI=1S/C15H12N4O3P/c1-23(20,21-14-16-10-6-2-3-7-11(10)17-14)22-15-18-12-8-4-5-9-13(12)19-15/h2-9H,1H2,(H,16,17)(H,18,19). The maximum atomic E-state index is 12.4. The van der Waals surface area contributed by atoms with E-state index in [0.717, 1.165) is 11.0 Å². The summed E-state index contributed by atoms with van der Waals surface area (Å²) in [4.78, 5) is 14.2. The number of aromatic nitrogens is 4. The molecule has 7 nitrogen and oxygen atoms in total. The molecular formula is C15H12N4O3P. The summed E-state index contributed by atoms with van der Waals surface area (Å²) in [7, 11) is -3.68. The van der Waals surface area contributed by atoms with Crippen molar-refractivity contribution < 1.29 is 13.6 Å². The summed E-state index contributed by atoms with van der Waals surface area (Å²) < 4.78 is 23.0. The number of nitrogens with one attached hydrogen (secondary N) is 2. The molecule has 2 N–H and O–H groups in total. The van der Waals surface area contributed by atoms with Gasteiger partial charge in [-0.25, -0.2) is 4.57 Å². The molecule has 4 rings (SSSR count). The van der Waals surface area contributed by atoms with Gasteiger partial charge in [0.1, 0.15) is 0 Å². The number of rotatable bonds is 4. The lowest BCUT2D eigenvalue weighted by Gasteiger charge is -2.11. The second-order valence-electron chi connectivity index (χ2n) is 4.91. The highest BCUT2D eigenvalue weighted by molar-refractivity contribution is 7.55. The number of H-pyrrole nitrogens is 2. The first-order valence-electron chi connectivity index (χ1n) is 6.82.